The fourth-order valence-corrected chi connectivity index (χ4v) is 3.96. The molecule has 3 atom stereocenters. The minimum atomic E-state index is -0.851. The molecule has 3 heterocycles. The summed E-state index contributed by atoms with van der Waals surface area (Å²) < 4.78 is 0. The van der Waals surface area contributed by atoms with E-state index < -0.39 is 6.09 Å². The first-order valence-corrected chi connectivity index (χ1v) is 7.92. The standard InChI is InChI=1S/C17H22N4O2/c1-17(2,3)15-5-12-9-20(16(22)23)10-14(12)21(15)13-4-11(6-18)7-19-8-13/h4,7-8,12,14-15H,5,9-10H2,1-3H3,(H,22,23)/t12-,14+,15?/m1/s1. The van der Waals surface area contributed by atoms with Gasteiger partial charge in [0.1, 0.15) is 6.07 Å². The Labute approximate surface area is 136 Å². The molecule has 2 aliphatic heterocycles. The van der Waals surface area contributed by atoms with Crippen molar-refractivity contribution in [2.75, 3.05) is 18.0 Å². The highest BCUT2D eigenvalue weighted by atomic mass is 16.4. The van der Waals surface area contributed by atoms with Crippen LogP contribution in [0.15, 0.2) is 18.5 Å². The van der Waals surface area contributed by atoms with Crippen LogP contribution in [0.25, 0.3) is 0 Å². The summed E-state index contributed by atoms with van der Waals surface area (Å²) in [7, 11) is 0. The maximum atomic E-state index is 11.3. The number of carbonyl (C=O) groups is 1. The molecule has 0 spiro atoms. The highest BCUT2D eigenvalue weighted by Gasteiger charge is 2.50. The maximum absolute atomic E-state index is 11.3. The van der Waals surface area contributed by atoms with Gasteiger partial charge in [0.15, 0.2) is 0 Å². The molecule has 0 bridgehead atoms. The van der Waals surface area contributed by atoms with E-state index in [0.29, 0.717) is 30.6 Å². The van der Waals surface area contributed by atoms with E-state index in [4.69, 9.17) is 5.26 Å². The molecule has 2 aliphatic rings. The van der Waals surface area contributed by atoms with Crippen molar-refractivity contribution < 1.29 is 9.90 Å². The van der Waals surface area contributed by atoms with Crippen molar-refractivity contribution in [1.29, 1.82) is 5.26 Å². The fraction of sp³-hybridized carbons (Fsp3) is 0.588. The summed E-state index contributed by atoms with van der Waals surface area (Å²) in [6, 6.07) is 4.46. The largest absolute Gasteiger partial charge is 0.465 e. The zero-order valence-corrected chi connectivity index (χ0v) is 13.7. The molecule has 1 aromatic heterocycles. The number of anilines is 1. The monoisotopic (exact) mass is 314 g/mol. The predicted molar refractivity (Wildman–Crippen MR) is 86.2 cm³/mol. The average Bonchev–Trinajstić information content (AvgIpc) is 3.04. The first-order chi connectivity index (χ1) is 10.8. The van der Waals surface area contributed by atoms with Gasteiger partial charge in [-0.2, -0.15) is 5.26 Å². The molecule has 122 valence electrons. The van der Waals surface area contributed by atoms with E-state index in [0.717, 1.165) is 12.1 Å². The van der Waals surface area contributed by atoms with Gasteiger partial charge in [0.25, 0.3) is 0 Å². The lowest BCUT2D eigenvalue weighted by Gasteiger charge is -2.39. The van der Waals surface area contributed by atoms with Gasteiger partial charge in [0, 0.05) is 31.2 Å². The second-order valence-corrected chi connectivity index (χ2v) is 7.58. The highest BCUT2D eigenvalue weighted by molar-refractivity contribution is 5.66. The van der Waals surface area contributed by atoms with E-state index in [2.05, 4.69) is 36.7 Å². The first kappa shape index (κ1) is 15.6. The number of nitriles is 1. The Bertz CT molecular complexity index is 661. The Morgan fingerprint density at radius 2 is 2.13 bits per heavy atom. The zero-order chi connectivity index (χ0) is 16.8. The summed E-state index contributed by atoms with van der Waals surface area (Å²) >= 11 is 0. The topological polar surface area (TPSA) is 80.5 Å². The van der Waals surface area contributed by atoms with Gasteiger partial charge in [-0.15, -0.1) is 0 Å². The zero-order valence-electron chi connectivity index (χ0n) is 13.7. The number of nitrogens with zero attached hydrogens (tertiary/aromatic N) is 4. The Hall–Kier alpha value is -2.29. The smallest absolute Gasteiger partial charge is 0.407 e. The van der Waals surface area contributed by atoms with E-state index in [1.165, 1.54) is 4.90 Å². The van der Waals surface area contributed by atoms with Crippen LogP contribution >= 0.6 is 0 Å². The van der Waals surface area contributed by atoms with E-state index in [1.54, 1.807) is 12.4 Å². The molecular formula is C17H22N4O2. The van der Waals surface area contributed by atoms with Crippen LogP contribution in [-0.4, -0.2) is 46.3 Å². The average molecular weight is 314 g/mol. The second-order valence-electron chi connectivity index (χ2n) is 7.58. The van der Waals surface area contributed by atoms with Gasteiger partial charge < -0.3 is 14.9 Å². The molecule has 23 heavy (non-hydrogen) atoms. The summed E-state index contributed by atoms with van der Waals surface area (Å²) in [5.41, 5.74) is 1.52. The maximum Gasteiger partial charge on any atom is 0.407 e. The summed E-state index contributed by atoms with van der Waals surface area (Å²) in [6.45, 7) is 7.74. The Morgan fingerprint density at radius 3 is 2.74 bits per heavy atom. The summed E-state index contributed by atoms with van der Waals surface area (Å²) in [4.78, 5) is 19.3. The quantitative estimate of drug-likeness (QED) is 0.861. The van der Waals surface area contributed by atoms with E-state index in [9.17, 15) is 9.90 Å². The SMILES string of the molecule is CC(C)(C)C1C[C@@H]2CN(C(=O)O)C[C@@H]2N1c1cncc(C#N)c1. The number of rotatable bonds is 1. The number of hydrogen-bond donors (Lipinski definition) is 1. The van der Waals surface area contributed by atoms with Gasteiger partial charge in [-0.05, 0) is 17.9 Å². The van der Waals surface area contributed by atoms with Gasteiger partial charge in [-0.25, -0.2) is 4.79 Å². The van der Waals surface area contributed by atoms with Crippen molar-refractivity contribution in [3.63, 3.8) is 0 Å². The highest BCUT2D eigenvalue weighted by Crippen LogP contribution is 2.44. The lowest BCUT2D eigenvalue weighted by Crippen LogP contribution is -2.46. The number of pyridine rings is 1. The van der Waals surface area contributed by atoms with E-state index in [1.807, 2.05) is 6.07 Å². The Morgan fingerprint density at radius 1 is 1.39 bits per heavy atom. The van der Waals surface area contributed by atoms with Crippen LogP contribution in [0.4, 0.5) is 10.5 Å². The third-order valence-electron chi connectivity index (χ3n) is 5.05. The molecule has 0 aliphatic carbocycles. The lowest BCUT2D eigenvalue weighted by molar-refractivity contribution is 0.151. The van der Waals surface area contributed by atoms with Crippen LogP contribution < -0.4 is 4.90 Å². The van der Waals surface area contributed by atoms with Gasteiger partial charge in [0.05, 0.1) is 23.5 Å². The van der Waals surface area contributed by atoms with Gasteiger partial charge in [-0.3, -0.25) is 4.98 Å². The van der Waals surface area contributed by atoms with Crippen molar-refractivity contribution in [3.05, 3.63) is 24.0 Å². The number of carboxylic acid groups (broad SMARTS) is 1. The van der Waals surface area contributed by atoms with Crippen LogP contribution in [-0.2, 0) is 0 Å². The normalized spacial score (nSPS) is 27.0. The summed E-state index contributed by atoms with van der Waals surface area (Å²) in [6.07, 6.45) is 3.46. The van der Waals surface area contributed by atoms with E-state index >= 15 is 0 Å². The molecule has 6 nitrogen and oxygen atoms in total. The minimum Gasteiger partial charge on any atom is -0.465 e. The predicted octanol–water partition coefficient (Wildman–Crippen LogP) is 2.56. The molecule has 1 aromatic rings. The van der Waals surface area contributed by atoms with Gasteiger partial charge >= 0.3 is 6.09 Å². The molecule has 2 fully saturated rings. The minimum absolute atomic E-state index is 0.0705. The van der Waals surface area contributed by atoms with Crippen LogP contribution in [0, 0.1) is 22.7 Å². The Balaban J connectivity index is 1.98. The number of hydrogen-bond acceptors (Lipinski definition) is 4. The second kappa shape index (κ2) is 5.41. The molecule has 2 saturated heterocycles. The summed E-state index contributed by atoms with van der Waals surface area (Å²) in [5.74, 6) is 0.334. The van der Waals surface area contributed by atoms with Crippen molar-refractivity contribution in [2.24, 2.45) is 11.3 Å². The van der Waals surface area contributed by atoms with Crippen molar-refractivity contribution in [3.8, 4) is 6.07 Å². The molecule has 3 rings (SSSR count). The summed E-state index contributed by atoms with van der Waals surface area (Å²) in [5, 5.41) is 18.4. The third-order valence-corrected chi connectivity index (χ3v) is 5.05. The molecule has 0 radical (unpaired) electrons. The van der Waals surface area contributed by atoms with E-state index in [-0.39, 0.29) is 11.5 Å². The molecule has 0 aromatic carbocycles. The van der Waals surface area contributed by atoms with Crippen molar-refractivity contribution in [2.45, 2.75) is 39.3 Å². The molecular weight excluding hydrogens is 292 g/mol. The van der Waals surface area contributed by atoms with Crippen LogP contribution in [0.2, 0.25) is 0 Å². The lowest BCUT2D eigenvalue weighted by atomic mass is 9.83. The molecule has 0 saturated carbocycles. The molecule has 1 N–H and O–H groups in total. The Kier molecular flexibility index (Phi) is 3.67. The number of aromatic nitrogens is 1. The first-order valence-electron chi connectivity index (χ1n) is 7.92. The third kappa shape index (κ3) is 2.72. The number of likely N-dealkylation sites (tertiary alicyclic amines) is 1. The molecule has 6 heteroatoms. The van der Waals surface area contributed by atoms with Crippen LogP contribution in [0.1, 0.15) is 32.8 Å². The van der Waals surface area contributed by atoms with Crippen molar-refractivity contribution in [1.82, 2.24) is 9.88 Å². The van der Waals surface area contributed by atoms with Crippen LogP contribution in [0.3, 0.4) is 0 Å². The van der Waals surface area contributed by atoms with Gasteiger partial charge in [0.2, 0.25) is 0 Å². The molecule has 1 unspecified atom stereocenters. The number of amides is 1. The van der Waals surface area contributed by atoms with Gasteiger partial charge in [-0.1, -0.05) is 20.8 Å². The van der Waals surface area contributed by atoms with Crippen LogP contribution in [0.5, 0.6) is 0 Å². The number of fused-ring (bicyclic) bond motifs is 1. The van der Waals surface area contributed by atoms with Crippen molar-refractivity contribution >= 4 is 11.8 Å². The molecule has 1 amide bonds. The fourth-order valence-electron chi connectivity index (χ4n) is 3.96.